The van der Waals surface area contributed by atoms with E-state index < -0.39 is 0 Å². The van der Waals surface area contributed by atoms with Crippen molar-refractivity contribution in [2.24, 2.45) is 0 Å². The standard InChI is InChI=1S/C14H17BrO4/c1-4-18-13(16)7-6-10-8-11(15)14(19-5-2)12(9-10)17-3/h6-9H,4-5H2,1-3H3/b7-6+. The van der Waals surface area contributed by atoms with Crippen LogP contribution in [0.4, 0.5) is 0 Å². The first kappa shape index (κ1) is 15.6. The zero-order chi connectivity index (χ0) is 14.3. The number of halogens is 1. The van der Waals surface area contributed by atoms with Crippen LogP contribution < -0.4 is 9.47 Å². The minimum absolute atomic E-state index is 0.361. The lowest BCUT2D eigenvalue weighted by Gasteiger charge is -2.12. The molecule has 0 fully saturated rings. The first-order chi connectivity index (χ1) is 9.12. The van der Waals surface area contributed by atoms with Gasteiger partial charge in [0, 0.05) is 6.08 Å². The van der Waals surface area contributed by atoms with Gasteiger partial charge in [-0.3, -0.25) is 0 Å². The highest BCUT2D eigenvalue weighted by atomic mass is 79.9. The lowest BCUT2D eigenvalue weighted by atomic mass is 10.2. The molecule has 0 aliphatic carbocycles. The molecular formula is C14H17BrO4. The highest BCUT2D eigenvalue weighted by Gasteiger charge is 2.10. The number of rotatable bonds is 6. The third-order valence-electron chi connectivity index (χ3n) is 2.24. The SMILES string of the molecule is CCOC(=O)/C=C/c1cc(Br)c(OCC)c(OC)c1. The number of carbonyl (C=O) groups is 1. The molecule has 1 aromatic rings. The second-order valence-electron chi connectivity index (χ2n) is 3.55. The second-order valence-corrected chi connectivity index (χ2v) is 4.41. The Labute approximate surface area is 121 Å². The number of esters is 1. The van der Waals surface area contributed by atoms with Crippen LogP contribution >= 0.6 is 15.9 Å². The third kappa shape index (κ3) is 4.59. The summed E-state index contributed by atoms with van der Waals surface area (Å²) in [7, 11) is 1.57. The molecule has 0 heterocycles. The fourth-order valence-electron chi connectivity index (χ4n) is 1.48. The third-order valence-corrected chi connectivity index (χ3v) is 2.83. The van der Waals surface area contributed by atoms with E-state index in [0.717, 1.165) is 10.0 Å². The van der Waals surface area contributed by atoms with E-state index in [9.17, 15) is 4.79 Å². The van der Waals surface area contributed by atoms with Crippen molar-refractivity contribution in [1.82, 2.24) is 0 Å². The van der Waals surface area contributed by atoms with E-state index in [1.165, 1.54) is 6.08 Å². The van der Waals surface area contributed by atoms with Crippen molar-refractivity contribution >= 4 is 28.0 Å². The molecule has 0 saturated carbocycles. The lowest BCUT2D eigenvalue weighted by Crippen LogP contribution is -1.99. The Morgan fingerprint density at radius 2 is 2.05 bits per heavy atom. The molecule has 0 radical (unpaired) electrons. The molecule has 0 saturated heterocycles. The maximum atomic E-state index is 11.2. The van der Waals surface area contributed by atoms with Crippen LogP contribution in [-0.4, -0.2) is 26.3 Å². The summed E-state index contributed by atoms with van der Waals surface area (Å²) in [4.78, 5) is 11.2. The van der Waals surface area contributed by atoms with Crippen molar-refractivity contribution in [2.75, 3.05) is 20.3 Å². The largest absolute Gasteiger partial charge is 0.493 e. The summed E-state index contributed by atoms with van der Waals surface area (Å²) in [5, 5.41) is 0. The van der Waals surface area contributed by atoms with Crippen molar-refractivity contribution in [2.45, 2.75) is 13.8 Å². The Morgan fingerprint density at radius 3 is 2.63 bits per heavy atom. The van der Waals surface area contributed by atoms with Gasteiger partial charge in [0.2, 0.25) is 0 Å². The normalized spacial score (nSPS) is 10.5. The van der Waals surface area contributed by atoms with E-state index in [2.05, 4.69) is 15.9 Å². The van der Waals surface area contributed by atoms with Crippen LogP contribution in [0.5, 0.6) is 11.5 Å². The summed E-state index contributed by atoms with van der Waals surface area (Å²) in [6, 6.07) is 3.65. The van der Waals surface area contributed by atoms with E-state index in [0.29, 0.717) is 24.7 Å². The van der Waals surface area contributed by atoms with Crippen LogP contribution in [0.2, 0.25) is 0 Å². The molecule has 104 valence electrons. The lowest BCUT2D eigenvalue weighted by molar-refractivity contribution is -0.137. The van der Waals surface area contributed by atoms with Gasteiger partial charge < -0.3 is 14.2 Å². The molecular weight excluding hydrogens is 312 g/mol. The number of hydrogen-bond acceptors (Lipinski definition) is 4. The van der Waals surface area contributed by atoms with Crippen LogP contribution in [0.15, 0.2) is 22.7 Å². The van der Waals surface area contributed by atoms with Gasteiger partial charge in [0.15, 0.2) is 11.5 Å². The van der Waals surface area contributed by atoms with Gasteiger partial charge >= 0.3 is 5.97 Å². The van der Waals surface area contributed by atoms with E-state index in [1.807, 2.05) is 13.0 Å². The van der Waals surface area contributed by atoms with Crippen LogP contribution in [0.25, 0.3) is 6.08 Å². The summed E-state index contributed by atoms with van der Waals surface area (Å²) in [5.41, 5.74) is 0.820. The summed E-state index contributed by atoms with van der Waals surface area (Å²) in [6.45, 7) is 4.58. The Kier molecular flexibility index (Phi) is 6.42. The van der Waals surface area contributed by atoms with Gasteiger partial charge in [0.25, 0.3) is 0 Å². The average Bonchev–Trinajstić information content (AvgIpc) is 2.39. The predicted molar refractivity (Wildman–Crippen MR) is 77.5 cm³/mol. The van der Waals surface area contributed by atoms with Crippen molar-refractivity contribution in [3.8, 4) is 11.5 Å². The number of methoxy groups -OCH3 is 1. The molecule has 1 aromatic carbocycles. The fraction of sp³-hybridized carbons (Fsp3) is 0.357. The van der Waals surface area contributed by atoms with Crippen LogP contribution in [0.3, 0.4) is 0 Å². The maximum Gasteiger partial charge on any atom is 0.330 e. The average molecular weight is 329 g/mol. The summed E-state index contributed by atoms with van der Waals surface area (Å²) in [5.74, 6) is 0.893. The molecule has 0 amide bonds. The smallest absolute Gasteiger partial charge is 0.330 e. The van der Waals surface area contributed by atoms with E-state index in [-0.39, 0.29) is 5.97 Å². The second kappa shape index (κ2) is 7.84. The number of carbonyl (C=O) groups excluding carboxylic acids is 1. The Hall–Kier alpha value is -1.49. The van der Waals surface area contributed by atoms with E-state index >= 15 is 0 Å². The summed E-state index contributed by atoms with van der Waals surface area (Å²) >= 11 is 3.42. The van der Waals surface area contributed by atoms with Gasteiger partial charge in [0.1, 0.15) is 0 Å². The molecule has 0 spiro atoms. The Morgan fingerprint density at radius 1 is 1.32 bits per heavy atom. The van der Waals surface area contributed by atoms with Crippen LogP contribution in [-0.2, 0) is 9.53 Å². The van der Waals surface area contributed by atoms with Gasteiger partial charge in [-0.2, -0.15) is 0 Å². The monoisotopic (exact) mass is 328 g/mol. The topological polar surface area (TPSA) is 44.8 Å². The van der Waals surface area contributed by atoms with Crippen LogP contribution in [0, 0.1) is 0 Å². The predicted octanol–water partition coefficient (Wildman–Crippen LogP) is 3.43. The van der Waals surface area contributed by atoms with E-state index in [4.69, 9.17) is 14.2 Å². The number of benzene rings is 1. The van der Waals surface area contributed by atoms with Crippen LogP contribution in [0.1, 0.15) is 19.4 Å². The molecule has 0 aromatic heterocycles. The van der Waals surface area contributed by atoms with Crippen molar-refractivity contribution in [1.29, 1.82) is 0 Å². The molecule has 0 atom stereocenters. The molecule has 0 aliphatic rings. The molecule has 5 heteroatoms. The minimum atomic E-state index is -0.369. The molecule has 0 unspecified atom stereocenters. The first-order valence-electron chi connectivity index (χ1n) is 5.97. The van der Waals surface area contributed by atoms with Gasteiger partial charge in [-0.25, -0.2) is 4.79 Å². The summed E-state index contributed by atoms with van der Waals surface area (Å²) in [6.07, 6.45) is 3.05. The molecule has 19 heavy (non-hydrogen) atoms. The van der Waals surface area contributed by atoms with E-state index in [1.54, 1.807) is 26.2 Å². The van der Waals surface area contributed by atoms with Gasteiger partial charge in [-0.1, -0.05) is 0 Å². The molecule has 0 aliphatic heterocycles. The maximum absolute atomic E-state index is 11.2. The number of ether oxygens (including phenoxy) is 3. The van der Waals surface area contributed by atoms with Gasteiger partial charge in [-0.15, -0.1) is 0 Å². The Bertz CT molecular complexity index is 469. The summed E-state index contributed by atoms with van der Waals surface area (Å²) < 4.78 is 16.4. The molecule has 0 bridgehead atoms. The fourth-order valence-corrected chi connectivity index (χ4v) is 2.05. The minimum Gasteiger partial charge on any atom is -0.493 e. The van der Waals surface area contributed by atoms with Gasteiger partial charge in [0.05, 0.1) is 24.8 Å². The number of hydrogen-bond donors (Lipinski definition) is 0. The first-order valence-corrected chi connectivity index (χ1v) is 6.76. The highest BCUT2D eigenvalue weighted by molar-refractivity contribution is 9.10. The zero-order valence-corrected chi connectivity index (χ0v) is 12.8. The quantitative estimate of drug-likeness (QED) is 0.592. The van der Waals surface area contributed by atoms with Crippen molar-refractivity contribution in [3.63, 3.8) is 0 Å². The molecule has 1 rings (SSSR count). The zero-order valence-electron chi connectivity index (χ0n) is 11.2. The highest BCUT2D eigenvalue weighted by Crippen LogP contribution is 2.36. The van der Waals surface area contributed by atoms with Gasteiger partial charge in [-0.05, 0) is 53.5 Å². The van der Waals surface area contributed by atoms with Crippen molar-refractivity contribution < 1.29 is 19.0 Å². The Balaban J connectivity index is 2.98. The van der Waals surface area contributed by atoms with Crippen molar-refractivity contribution in [3.05, 3.63) is 28.2 Å². The molecule has 0 N–H and O–H groups in total. The molecule has 4 nitrogen and oxygen atoms in total.